The first-order chi connectivity index (χ1) is 12.6. The number of carbonyl (C=O) groups is 1. The minimum Gasteiger partial charge on any atom is -0.352 e. The molecule has 3 rings (SSSR count). The Hall–Kier alpha value is -3.48. The number of nitrogens with zero attached hydrogens (tertiary/aromatic N) is 2. The van der Waals surface area contributed by atoms with Gasteiger partial charge in [0.2, 0.25) is 11.9 Å². The van der Waals surface area contributed by atoms with Crippen LogP contribution in [0.1, 0.15) is 18.1 Å². The Labute approximate surface area is 150 Å². The van der Waals surface area contributed by atoms with Crippen molar-refractivity contribution >= 4 is 11.9 Å². The molecule has 0 aliphatic carbocycles. The number of hydrogen-bond donors (Lipinski definition) is 3. The van der Waals surface area contributed by atoms with Crippen LogP contribution in [-0.2, 0) is 17.9 Å². The van der Waals surface area contributed by atoms with Crippen LogP contribution >= 0.6 is 0 Å². The first kappa shape index (κ1) is 17.3. The van der Waals surface area contributed by atoms with Gasteiger partial charge in [-0.3, -0.25) is 19.6 Å². The predicted molar refractivity (Wildman–Crippen MR) is 99.4 cm³/mol. The van der Waals surface area contributed by atoms with Crippen LogP contribution in [0.15, 0.2) is 59.7 Å². The van der Waals surface area contributed by atoms with Gasteiger partial charge < -0.3 is 10.6 Å². The SMILES string of the molecule is CC(=O)NCc1cccc(CNc2nc(-c3ccncc3)cc(=O)[nH]2)c1. The summed E-state index contributed by atoms with van der Waals surface area (Å²) in [6.07, 6.45) is 3.32. The number of benzene rings is 1. The Morgan fingerprint density at radius 1 is 1.08 bits per heavy atom. The van der Waals surface area contributed by atoms with Gasteiger partial charge in [-0.05, 0) is 23.3 Å². The molecule has 2 heterocycles. The molecule has 0 saturated heterocycles. The maximum atomic E-state index is 11.9. The van der Waals surface area contributed by atoms with E-state index in [-0.39, 0.29) is 11.5 Å². The number of carbonyl (C=O) groups excluding carboxylic acids is 1. The van der Waals surface area contributed by atoms with E-state index in [1.165, 1.54) is 13.0 Å². The highest BCUT2D eigenvalue weighted by atomic mass is 16.1. The van der Waals surface area contributed by atoms with Crippen LogP contribution in [-0.4, -0.2) is 20.9 Å². The number of hydrogen-bond acceptors (Lipinski definition) is 5. The van der Waals surface area contributed by atoms with Crippen molar-refractivity contribution in [3.05, 3.63) is 76.3 Å². The molecular formula is C19H19N5O2. The van der Waals surface area contributed by atoms with Crippen molar-refractivity contribution in [3.63, 3.8) is 0 Å². The number of rotatable bonds is 6. The minimum atomic E-state index is -0.228. The molecule has 2 aromatic heterocycles. The van der Waals surface area contributed by atoms with Gasteiger partial charge in [0.1, 0.15) is 0 Å². The van der Waals surface area contributed by atoms with E-state index in [0.717, 1.165) is 16.7 Å². The molecule has 7 nitrogen and oxygen atoms in total. The fourth-order valence-electron chi connectivity index (χ4n) is 2.47. The smallest absolute Gasteiger partial charge is 0.252 e. The van der Waals surface area contributed by atoms with E-state index in [1.54, 1.807) is 24.5 Å². The summed E-state index contributed by atoms with van der Waals surface area (Å²) in [5, 5.41) is 5.91. The van der Waals surface area contributed by atoms with Crippen LogP contribution in [0.5, 0.6) is 0 Å². The molecule has 26 heavy (non-hydrogen) atoms. The Morgan fingerprint density at radius 3 is 2.54 bits per heavy atom. The van der Waals surface area contributed by atoms with E-state index < -0.39 is 0 Å². The standard InChI is InChI=1S/C19H19N5O2/c1-13(25)21-11-14-3-2-4-15(9-14)12-22-19-23-17(10-18(26)24-19)16-5-7-20-8-6-16/h2-10H,11-12H2,1H3,(H,21,25)(H2,22,23,24,26). The van der Waals surface area contributed by atoms with Crippen molar-refractivity contribution in [1.29, 1.82) is 0 Å². The van der Waals surface area contributed by atoms with Gasteiger partial charge in [0.25, 0.3) is 5.56 Å². The number of amides is 1. The van der Waals surface area contributed by atoms with Gasteiger partial charge in [-0.15, -0.1) is 0 Å². The second-order valence-electron chi connectivity index (χ2n) is 5.80. The van der Waals surface area contributed by atoms with Gasteiger partial charge in [-0.2, -0.15) is 0 Å². The lowest BCUT2D eigenvalue weighted by Gasteiger charge is -2.09. The van der Waals surface area contributed by atoms with Crippen molar-refractivity contribution in [2.24, 2.45) is 0 Å². The fraction of sp³-hybridized carbons (Fsp3) is 0.158. The monoisotopic (exact) mass is 349 g/mol. The van der Waals surface area contributed by atoms with Crippen molar-refractivity contribution in [1.82, 2.24) is 20.3 Å². The molecule has 0 saturated carbocycles. The third-order valence-corrected chi connectivity index (χ3v) is 3.71. The highest BCUT2D eigenvalue weighted by Crippen LogP contribution is 2.15. The van der Waals surface area contributed by atoms with Crippen molar-refractivity contribution < 1.29 is 4.79 Å². The first-order valence-corrected chi connectivity index (χ1v) is 8.18. The van der Waals surface area contributed by atoms with Gasteiger partial charge in [-0.25, -0.2) is 4.98 Å². The molecule has 7 heteroatoms. The summed E-state index contributed by atoms with van der Waals surface area (Å²) in [5.74, 6) is 0.333. The Morgan fingerprint density at radius 2 is 1.81 bits per heavy atom. The zero-order chi connectivity index (χ0) is 18.4. The fourth-order valence-corrected chi connectivity index (χ4v) is 2.47. The van der Waals surface area contributed by atoms with Crippen LogP contribution in [0.2, 0.25) is 0 Å². The predicted octanol–water partition coefficient (Wildman–Crippen LogP) is 2.08. The molecule has 0 atom stereocenters. The second-order valence-corrected chi connectivity index (χ2v) is 5.80. The Kier molecular flexibility index (Phi) is 5.38. The molecule has 0 unspecified atom stereocenters. The van der Waals surface area contributed by atoms with Crippen LogP contribution < -0.4 is 16.2 Å². The third-order valence-electron chi connectivity index (χ3n) is 3.71. The average Bonchev–Trinajstić information content (AvgIpc) is 2.65. The third kappa shape index (κ3) is 4.76. The van der Waals surface area contributed by atoms with E-state index in [0.29, 0.717) is 24.7 Å². The summed E-state index contributed by atoms with van der Waals surface area (Å²) in [6, 6.07) is 12.9. The molecule has 1 aromatic carbocycles. The molecule has 132 valence electrons. The zero-order valence-corrected chi connectivity index (χ0v) is 14.3. The van der Waals surface area contributed by atoms with Crippen molar-refractivity contribution in [3.8, 4) is 11.3 Å². The minimum absolute atomic E-state index is 0.0665. The normalized spacial score (nSPS) is 10.3. The first-order valence-electron chi connectivity index (χ1n) is 8.18. The molecule has 3 N–H and O–H groups in total. The highest BCUT2D eigenvalue weighted by molar-refractivity contribution is 5.72. The topological polar surface area (TPSA) is 99.8 Å². The zero-order valence-electron chi connectivity index (χ0n) is 14.3. The maximum Gasteiger partial charge on any atom is 0.252 e. The number of H-pyrrole nitrogens is 1. The molecule has 3 aromatic rings. The van der Waals surface area contributed by atoms with E-state index >= 15 is 0 Å². The van der Waals surface area contributed by atoms with E-state index in [9.17, 15) is 9.59 Å². The van der Waals surface area contributed by atoms with Crippen LogP contribution in [0.25, 0.3) is 11.3 Å². The second kappa shape index (κ2) is 8.06. The molecular weight excluding hydrogens is 330 g/mol. The Balaban J connectivity index is 1.72. The quantitative estimate of drug-likeness (QED) is 0.633. The van der Waals surface area contributed by atoms with Gasteiger partial charge in [0.05, 0.1) is 5.69 Å². The van der Waals surface area contributed by atoms with Crippen LogP contribution in [0, 0.1) is 0 Å². The van der Waals surface area contributed by atoms with Gasteiger partial charge in [0, 0.05) is 44.0 Å². The number of aromatic nitrogens is 3. The molecule has 0 aliphatic heterocycles. The number of pyridine rings is 1. The molecule has 0 aliphatic rings. The largest absolute Gasteiger partial charge is 0.352 e. The number of anilines is 1. The summed E-state index contributed by atoms with van der Waals surface area (Å²) in [6.45, 7) is 2.47. The maximum absolute atomic E-state index is 11.9. The molecule has 1 amide bonds. The molecule has 0 bridgehead atoms. The van der Waals surface area contributed by atoms with Gasteiger partial charge in [-0.1, -0.05) is 24.3 Å². The van der Waals surface area contributed by atoms with E-state index in [1.807, 2.05) is 24.3 Å². The highest BCUT2D eigenvalue weighted by Gasteiger charge is 2.04. The van der Waals surface area contributed by atoms with Gasteiger partial charge in [0.15, 0.2) is 0 Å². The van der Waals surface area contributed by atoms with Crippen LogP contribution in [0.4, 0.5) is 5.95 Å². The van der Waals surface area contributed by atoms with Crippen LogP contribution in [0.3, 0.4) is 0 Å². The molecule has 0 fully saturated rings. The van der Waals surface area contributed by atoms with Gasteiger partial charge >= 0.3 is 0 Å². The van der Waals surface area contributed by atoms with Crippen molar-refractivity contribution in [2.45, 2.75) is 20.0 Å². The summed E-state index contributed by atoms with van der Waals surface area (Å²) in [4.78, 5) is 34.0. The Bertz CT molecular complexity index is 953. The molecule has 0 radical (unpaired) electrons. The summed E-state index contributed by atoms with van der Waals surface area (Å²) < 4.78 is 0. The lowest BCUT2D eigenvalue weighted by Crippen LogP contribution is -2.19. The average molecular weight is 349 g/mol. The van der Waals surface area contributed by atoms with E-state index in [4.69, 9.17) is 0 Å². The summed E-state index contributed by atoms with van der Waals surface area (Å²) in [7, 11) is 0. The lowest BCUT2D eigenvalue weighted by atomic mass is 10.1. The van der Waals surface area contributed by atoms with Crippen molar-refractivity contribution in [2.75, 3.05) is 5.32 Å². The number of nitrogens with one attached hydrogen (secondary N) is 3. The van der Waals surface area contributed by atoms with E-state index in [2.05, 4.69) is 25.6 Å². The molecule has 0 spiro atoms. The number of aromatic amines is 1. The lowest BCUT2D eigenvalue weighted by molar-refractivity contribution is -0.119. The summed E-state index contributed by atoms with van der Waals surface area (Å²) >= 11 is 0. The summed E-state index contributed by atoms with van der Waals surface area (Å²) in [5.41, 5.74) is 3.20.